The minimum absolute atomic E-state index is 0.170. The Balaban J connectivity index is 1.53. The number of pyridine rings is 1. The summed E-state index contributed by atoms with van der Waals surface area (Å²) in [5.41, 5.74) is 3.99. The fraction of sp³-hybridized carbons (Fsp3) is 0.367. The molecule has 1 aromatic carbocycles. The van der Waals surface area contributed by atoms with Gasteiger partial charge in [-0.2, -0.15) is 0 Å². The van der Waals surface area contributed by atoms with E-state index in [0.717, 1.165) is 23.1 Å². The van der Waals surface area contributed by atoms with Crippen LogP contribution in [0.5, 0.6) is 11.5 Å². The van der Waals surface area contributed by atoms with Gasteiger partial charge < -0.3 is 18.9 Å². The van der Waals surface area contributed by atoms with Crippen LogP contribution in [0.25, 0.3) is 22.6 Å². The van der Waals surface area contributed by atoms with Gasteiger partial charge in [0, 0.05) is 43.0 Å². The Morgan fingerprint density at radius 3 is 2.33 bits per heavy atom. The van der Waals surface area contributed by atoms with E-state index in [0.29, 0.717) is 41.8 Å². The van der Waals surface area contributed by atoms with E-state index in [9.17, 15) is 8.42 Å². The summed E-state index contributed by atoms with van der Waals surface area (Å²) in [6.07, 6.45) is 8.60. The lowest BCUT2D eigenvalue weighted by atomic mass is 10.1. The third-order valence-electron chi connectivity index (χ3n) is 7.33. The van der Waals surface area contributed by atoms with E-state index in [1.807, 2.05) is 19.1 Å². The molecule has 0 spiro atoms. The first-order valence-electron chi connectivity index (χ1n) is 13.7. The zero-order valence-electron chi connectivity index (χ0n) is 24.7. The SMILES string of the molecule is COc1cccc(OC)c1-n1c(CS(=O)(=O)[C@@H](C)[C@H](OC)c2ncc(C3=CCOCC3)cn2)nnc1-c1cncc(C)c1. The second-order valence-corrected chi connectivity index (χ2v) is 12.4. The first-order chi connectivity index (χ1) is 20.8. The largest absolute Gasteiger partial charge is 0.494 e. The average molecular weight is 607 g/mol. The molecule has 0 amide bonds. The molecular formula is C30H34N6O6S. The van der Waals surface area contributed by atoms with E-state index in [1.54, 1.807) is 54.5 Å². The van der Waals surface area contributed by atoms with E-state index in [-0.39, 0.29) is 11.6 Å². The Kier molecular flexibility index (Phi) is 9.14. The van der Waals surface area contributed by atoms with Gasteiger partial charge in [-0.05, 0) is 49.6 Å². The molecule has 13 heteroatoms. The molecule has 4 heterocycles. The van der Waals surface area contributed by atoms with Crippen molar-refractivity contribution in [3.05, 3.63) is 77.9 Å². The predicted molar refractivity (Wildman–Crippen MR) is 160 cm³/mol. The van der Waals surface area contributed by atoms with Crippen molar-refractivity contribution in [1.82, 2.24) is 29.7 Å². The van der Waals surface area contributed by atoms with Crippen LogP contribution in [0.3, 0.4) is 0 Å². The predicted octanol–water partition coefficient (Wildman–Crippen LogP) is 3.94. The molecule has 1 aliphatic heterocycles. The van der Waals surface area contributed by atoms with E-state index in [4.69, 9.17) is 18.9 Å². The summed E-state index contributed by atoms with van der Waals surface area (Å²) in [6.45, 7) is 4.67. The summed E-state index contributed by atoms with van der Waals surface area (Å²) in [5.74, 6) is 1.29. The fourth-order valence-electron chi connectivity index (χ4n) is 5.01. The molecule has 5 rings (SSSR count). The van der Waals surface area contributed by atoms with Crippen LogP contribution in [0.4, 0.5) is 0 Å². The number of hydrogen-bond donors (Lipinski definition) is 0. The lowest BCUT2D eigenvalue weighted by Crippen LogP contribution is -2.30. The molecule has 0 saturated heterocycles. The molecule has 12 nitrogen and oxygen atoms in total. The lowest BCUT2D eigenvalue weighted by Gasteiger charge is -2.22. The molecule has 2 atom stereocenters. The molecule has 0 N–H and O–H groups in total. The maximum Gasteiger partial charge on any atom is 0.170 e. The van der Waals surface area contributed by atoms with Gasteiger partial charge in [-0.3, -0.25) is 9.55 Å². The molecule has 0 fully saturated rings. The second kappa shape index (κ2) is 13.0. The highest BCUT2D eigenvalue weighted by atomic mass is 32.2. The number of ether oxygens (including phenoxy) is 4. The number of aryl methyl sites for hydroxylation is 1. The summed E-state index contributed by atoms with van der Waals surface area (Å²) in [6, 6.07) is 7.20. The normalized spacial score (nSPS) is 15.0. The van der Waals surface area contributed by atoms with Gasteiger partial charge in [-0.1, -0.05) is 12.1 Å². The van der Waals surface area contributed by atoms with Crippen LogP contribution in [0.1, 0.15) is 42.2 Å². The maximum absolute atomic E-state index is 14.0. The third kappa shape index (κ3) is 6.28. The molecule has 0 radical (unpaired) electrons. The zero-order chi connectivity index (χ0) is 30.6. The molecule has 0 unspecified atom stereocenters. The number of benzene rings is 1. The Labute approximate surface area is 250 Å². The minimum atomic E-state index is -3.90. The highest BCUT2D eigenvalue weighted by Crippen LogP contribution is 2.37. The summed E-state index contributed by atoms with van der Waals surface area (Å²) in [5, 5.41) is 7.73. The minimum Gasteiger partial charge on any atom is -0.494 e. The third-order valence-corrected chi connectivity index (χ3v) is 9.37. The summed E-state index contributed by atoms with van der Waals surface area (Å²) < 4.78 is 51.9. The van der Waals surface area contributed by atoms with Crippen LogP contribution in [0.15, 0.2) is 55.1 Å². The molecular weight excluding hydrogens is 572 g/mol. The van der Waals surface area contributed by atoms with E-state index < -0.39 is 26.9 Å². The van der Waals surface area contributed by atoms with Crippen molar-refractivity contribution in [2.45, 2.75) is 37.4 Å². The van der Waals surface area contributed by atoms with Crippen molar-refractivity contribution >= 4 is 15.4 Å². The van der Waals surface area contributed by atoms with Gasteiger partial charge in [0.1, 0.15) is 29.0 Å². The zero-order valence-corrected chi connectivity index (χ0v) is 25.5. The topological polar surface area (TPSA) is 140 Å². The van der Waals surface area contributed by atoms with Gasteiger partial charge in [0.2, 0.25) is 0 Å². The molecule has 0 saturated carbocycles. The van der Waals surface area contributed by atoms with Gasteiger partial charge in [0.05, 0.1) is 32.7 Å². The van der Waals surface area contributed by atoms with Crippen molar-refractivity contribution in [3.63, 3.8) is 0 Å². The summed E-state index contributed by atoms with van der Waals surface area (Å²) >= 11 is 0. The molecule has 1 aliphatic rings. The monoisotopic (exact) mass is 606 g/mol. The molecule has 0 bridgehead atoms. The lowest BCUT2D eigenvalue weighted by molar-refractivity contribution is 0.0947. The maximum atomic E-state index is 14.0. The smallest absolute Gasteiger partial charge is 0.170 e. The molecule has 4 aromatic rings. The summed E-state index contributed by atoms with van der Waals surface area (Å²) in [4.78, 5) is 13.2. The van der Waals surface area contributed by atoms with Gasteiger partial charge in [0.25, 0.3) is 0 Å². The van der Waals surface area contributed by atoms with E-state index in [2.05, 4.69) is 25.1 Å². The van der Waals surface area contributed by atoms with Crippen molar-refractivity contribution < 1.29 is 27.4 Å². The van der Waals surface area contributed by atoms with Gasteiger partial charge in [-0.15, -0.1) is 10.2 Å². The van der Waals surface area contributed by atoms with Crippen LogP contribution in [-0.2, 0) is 25.1 Å². The molecule has 3 aromatic heterocycles. The highest BCUT2D eigenvalue weighted by molar-refractivity contribution is 7.91. The number of methoxy groups -OCH3 is 3. The standard InChI is InChI=1S/C30H34N6O6S/c1-19-13-22(15-31-14-19)30-35-34-26(36(30)27-24(39-3)7-6-8-25(27)40-4)18-43(37,38)20(2)28(41-5)29-32-16-23(17-33-29)21-9-11-42-12-10-21/h6-9,13-17,20,28H,10-12,18H2,1-5H3/t20-,28-/m0/s1. The summed E-state index contributed by atoms with van der Waals surface area (Å²) in [7, 11) is 0.601. The first-order valence-corrected chi connectivity index (χ1v) is 15.4. The van der Waals surface area contributed by atoms with Crippen LogP contribution in [0.2, 0.25) is 0 Å². The molecule has 0 aliphatic carbocycles. The van der Waals surface area contributed by atoms with Gasteiger partial charge >= 0.3 is 0 Å². The van der Waals surface area contributed by atoms with Crippen LogP contribution in [-0.4, -0.2) is 77.9 Å². The van der Waals surface area contributed by atoms with Crippen molar-refractivity contribution in [2.24, 2.45) is 0 Å². The Morgan fingerprint density at radius 1 is 1.00 bits per heavy atom. The quantitative estimate of drug-likeness (QED) is 0.245. The number of para-hydroxylation sites is 1. The van der Waals surface area contributed by atoms with Gasteiger partial charge in [0.15, 0.2) is 27.3 Å². The Hall–Kier alpha value is -4.20. The van der Waals surface area contributed by atoms with E-state index in [1.165, 1.54) is 21.3 Å². The average Bonchev–Trinajstić information content (AvgIpc) is 3.43. The van der Waals surface area contributed by atoms with Crippen molar-refractivity contribution in [3.8, 4) is 28.6 Å². The number of rotatable bonds is 11. The molecule has 226 valence electrons. The van der Waals surface area contributed by atoms with Crippen LogP contribution < -0.4 is 9.47 Å². The van der Waals surface area contributed by atoms with Crippen molar-refractivity contribution in [1.29, 1.82) is 0 Å². The number of nitrogens with zero attached hydrogens (tertiary/aromatic N) is 6. The number of aromatic nitrogens is 6. The van der Waals surface area contributed by atoms with Gasteiger partial charge in [-0.25, -0.2) is 18.4 Å². The van der Waals surface area contributed by atoms with Crippen LogP contribution in [0, 0.1) is 6.92 Å². The van der Waals surface area contributed by atoms with E-state index >= 15 is 0 Å². The molecule has 43 heavy (non-hydrogen) atoms. The number of hydrogen-bond acceptors (Lipinski definition) is 11. The highest BCUT2D eigenvalue weighted by Gasteiger charge is 2.35. The van der Waals surface area contributed by atoms with Crippen LogP contribution >= 0.6 is 0 Å². The second-order valence-electron chi connectivity index (χ2n) is 10.1. The fourth-order valence-corrected chi connectivity index (χ4v) is 6.43. The number of sulfone groups is 1. The Morgan fingerprint density at radius 2 is 1.72 bits per heavy atom. The first kappa shape index (κ1) is 30.3. The Bertz CT molecular complexity index is 1700. The van der Waals surface area contributed by atoms with Crippen molar-refractivity contribution in [2.75, 3.05) is 34.5 Å².